The van der Waals surface area contributed by atoms with Crippen LogP contribution >= 0.6 is 0 Å². The van der Waals surface area contributed by atoms with Crippen LogP contribution in [-0.2, 0) is 19.6 Å². The number of hydrogen-bond acceptors (Lipinski definition) is 5. The molecule has 1 rings (SSSR count). The molecule has 0 aromatic heterocycles. The number of carbonyl (C=O) groups is 2. The number of anilines is 1. The molecule has 7 heteroatoms. The van der Waals surface area contributed by atoms with Crippen molar-refractivity contribution in [3.8, 4) is 0 Å². The lowest BCUT2D eigenvalue weighted by atomic mass is 10.1. The Hall–Kier alpha value is -1.89. The maximum atomic E-state index is 11.6. The number of nitrogens with one attached hydrogen (secondary N) is 1. The predicted molar refractivity (Wildman–Crippen MR) is 65.9 cm³/mol. The average molecular weight is 271 g/mol. The van der Waals surface area contributed by atoms with E-state index in [-0.39, 0.29) is 17.0 Å². The van der Waals surface area contributed by atoms with Gasteiger partial charge in [0.1, 0.15) is 0 Å². The van der Waals surface area contributed by atoms with Crippen molar-refractivity contribution >= 4 is 27.5 Å². The first-order chi connectivity index (χ1) is 8.35. The number of Topliss-reactive ketones (excluding diaryl/α,β-unsaturated/α-hetero) is 1. The van der Waals surface area contributed by atoms with Crippen molar-refractivity contribution in [2.75, 3.05) is 17.6 Å². The summed E-state index contributed by atoms with van der Waals surface area (Å²) in [4.78, 5) is 22.2. The molecule has 18 heavy (non-hydrogen) atoms. The second-order valence-electron chi connectivity index (χ2n) is 3.54. The summed E-state index contributed by atoms with van der Waals surface area (Å²) in [5, 5.41) is 0. The minimum Gasteiger partial charge on any atom is -0.468 e. The summed E-state index contributed by atoms with van der Waals surface area (Å²) in [6.07, 6.45) is 0. The van der Waals surface area contributed by atoms with Crippen LogP contribution in [0.2, 0.25) is 0 Å². The Morgan fingerprint density at radius 1 is 1.28 bits per heavy atom. The van der Waals surface area contributed by atoms with Crippen LogP contribution in [0, 0.1) is 0 Å². The van der Waals surface area contributed by atoms with E-state index in [9.17, 15) is 18.0 Å². The van der Waals surface area contributed by atoms with Crippen LogP contribution in [-0.4, -0.2) is 33.0 Å². The van der Waals surface area contributed by atoms with Crippen molar-refractivity contribution in [2.24, 2.45) is 0 Å². The van der Waals surface area contributed by atoms with Gasteiger partial charge in [-0.2, -0.15) is 0 Å². The summed E-state index contributed by atoms with van der Waals surface area (Å²) >= 11 is 0. The van der Waals surface area contributed by atoms with Gasteiger partial charge in [0.15, 0.2) is 11.5 Å². The second kappa shape index (κ2) is 5.63. The maximum absolute atomic E-state index is 11.6. The summed E-state index contributed by atoms with van der Waals surface area (Å²) in [7, 11) is -2.78. The number of ether oxygens (including phenoxy) is 1. The van der Waals surface area contributed by atoms with Crippen molar-refractivity contribution in [1.29, 1.82) is 0 Å². The number of methoxy groups -OCH3 is 1. The number of sulfonamides is 1. The van der Waals surface area contributed by atoms with Crippen molar-refractivity contribution < 1.29 is 22.7 Å². The number of para-hydroxylation sites is 1. The zero-order valence-corrected chi connectivity index (χ0v) is 10.8. The van der Waals surface area contributed by atoms with Crippen LogP contribution in [0.4, 0.5) is 5.69 Å². The quantitative estimate of drug-likeness (QED) is 0.632. The number of esters is 1. The van der Waals surface area contributed by atoms with Gasteiger partial charge in [0.05, 0.1) is 12.8 Å². The van der Waals surface area contributed by atoms with Gasteiger partial charge in [-0.25, -0.2) is 8.42 Å². The van der Waals surface area contributed by atoms with Crippen LogP contribution in [0.25, 0.3) is 0 Å². The molecule has 0 heterocycles. The topological polar surface area (TPSA) is 89.5 Å². The molecule has 1 aromatic rings. The van der Waals surface area contributed by atoms with Crippen LogP contribution in [0.1, 0.15) is 17.3 Å². The van der Waals surface area contributed by atoms with Crippen molar-refractivity contribution in [2.45, 2.75) is 6.92 Å². The third-order valence-electron chi connectivity index (χ3n) is 2.11. The van der Waals surface area contributed by atoms with Gasteiger partial charge in [0, 0.05) is 5.56 Å². The van der Waals surface area contributed by atoms with Crippen molar-refractivity contribution in [1.82, 2.24) is 0 Å². The third kappa shape index (κ3) is 3.85. The molecule has 0 aliphatic heterocycles. The Morgan fingerprint density at radius 2 is 1.89 bits per heavy atom. The van der Waals surface area contributed by atoms with E-state index < -0.39 is 21.7 Å². The summed E-state index contributed by atoms with van der Waals surface area (Å²) in [6, 6.07) is 6.15. The average Bonchev–Trinajstić information content (AvgIpc) is 2.28. The van der Waals surface area contributed by atoms with Gasteiger partial charge in [-0.3, -0.25) is 14.3 Å². The van der Waals surface area contributed by atoms with Gasteiger partial charge in [-0.15, -0.1) is 0 Å². The predicted octanol–water partition coefficient (Wildman–Crippen LogP) is 0.804. The summed E-state index contributed by atoms with van der Waals surface area (Å²) in [5.74, 6) is -1.94. The van der Waals surface area contributed by atoms with Crippen molar-refractivity contribution in [3.63, 3.8) is 0 Å². The van der Waals surface area contributed by atoms with E-state index in [2.05, 4.69) is 9.46 Å². The number of ketones is 1. The van der Waals surface area contributed by atoms with E-state index in [0.717, 1.165) is 7.11 Å². The molecular formula is C11H13NO5S. The first-order valence-corrected chi connectivity index (χ1v) is 6.68. The maximum Gasteiger partial charge on any atom is 0.322 e. The Labute approximate surface area is 105 Å². The van der Waals surface area contributed by atoms with E-state index in [4.69, 9.17) is 0 Å². The third-order valence-corrected chi connectivity index (χ3v) is 3.25. The fourth-order valence-corrected chi connectivity index (χ4v) is 2.31. The van der Waals surface area contributed by atoms with Crippen LogP contribution in [0.3, 0.4) is 0 Å². The standard InChI is InChI=1S/C11H13NO5S/c1-8(13)9-5-3-4-6-10(9)12-18(15,16)7-11(14)17-2/h3-6,12H,7H2,1-2H3. The molecule has 0 bridgehead atoms. The van der Waals surface area contributed by atoms with Gasteiger partial charge < -0.3 is 4.74 Å². The molecule has 6 nitrogen and oxygen atoms in total. The normalized spacial score (nSPS) is 10.8. The highest BCUT2D eigenvalue weighted by Crippen LogP contribution is 2.17. The molecule has 0 fully saturated rings. The molecule has 0 aliphatic carbocycles. The molecule has 0 radical (unpaired) electrons. The first kappa shape index (κ1) is 14.2. The molecule has 0 saturated heterocycles. The Balaban J connectivity index is 2.98. The summed E-state index contributed by atoms with van der Waals surface area (Å²) in [5.41, 5.74) is 0.389. The highest BCUT2D eigenvalue weighted by molar-refractivity contribution is 7.93. The Bertz CT molecular complexity index is 565. The van der Waals surface area contributed by atoms with E-state index >= 15 is 0 Å². The van der Waals surface area contributed by atoms with E-state index in [1.807, 2.05) is 0 Å². The van der Waals surface area contributed by atoms with Crippen LogP contribution in [0.15, 0.2) is 24.3 Å². The zero-order chi connectivity index (χ0) is 13.8. The SMILES string of the molecule is COC(=O)CS(=O)(=O)Nc1ccccc1C(C)=O. The van der Waals surface area contributed by atoms with E-state index in [1.54, 1.807) is 12.1 Å². The van der Waals surface area contributed by atoms with Gasteiger partial charge in [0.2, 0.25) is 10.0 Å². The summed E-state index contributed by atoms with van der Waals surface area (Å²) < 4.78 is 29.7. The summed E-state index contributed by atoms with van der Waals surface area (Å²) in [6.45, 7) is 1.33. The van der Waals surface area contributed by atoms with Gasteiger partial charge in [0.25, 0.3) is 0 Å². The van der Waals surface area contributed by atoms with Gasteiger partial charge >= 0.3 is 5.97 Å². The van der Waals surface area contributed by atoms with Crippen LogP contribution < -0.4 is 4.72 Å². The van der Waals surface area contributed by atoms with E-state index in [1.165, 1.54) is 19.1 Å². The smallest absolute Gasteiger partial charge is 0.322 e. The van der Waals surface area contributed by atoms with Crippen LogP contribution in [0.5, 0.6) is 0 Å². The second-order valence-corrected chi connectivity index (χ2v) is 5.26. The van der Waals surface area contributed by atoms with E-state index in [0.29, 0.717) is 0 Å². The minimum absolute atomic E-state index is 0.147. The zero-order valence-electron chi connectivity index (χ0n) is 9.97. The lowest BCUT2D eigenvalue weighted by Gasteiger charge is -2.09. The van der Waals surface area contributed by atoms with Gasteiger partial charge in [-0.05, 0) is 19.1 Å². The Kier molecular flexibility index (Phi) is 4.43. The molecule has 0 aliphatic rings. The lowest BCUT2D eigenvalue weighted by molar-refractivity contribution is -0.137. The monoisotopic (exact) mass is 271 g/mol. The molecule has 0 amide bonds. The molecule has 0 atom stereocenters. The number of hydrogen-bond donors (Lipinski definition) is 1. The molecule has 1 N–H and O–H groups in total. The molecule has 1 aromatic carbocycles. The fourth-order valence-electron chi connectivity index (χ4n) is 1.30. The molecule has 0 saturated carbocycles. The molecular weight excluding hydrogens is 258 g/mol. The van der Waals surface area contributed by atoms with Crippen molar-refractivity contribution in [3.05, 3.63) is 29.8 Å². The highest BCUT2D eigenvalue weighted by Gasteiger charge is 2.18. The fraction of sp³-hybridized carbons (Fsp3) is 0.273. The first-order valence-electron chi connectivity index (χ1n) is 5.03. The molecule has 0 unspecified atom stereocenters. The number of rotatable bonds is 5. The van der Waals surface area contributed by atoms with Gasteiger partial charge in [-0.1, -0.05) is 12.1 Å². The Morgan fingerprint density at radius 3 is 2.44 bits per heavy atom. The molecule has 0 spiro atoms. The molecule has 98 valence electrons. The number of benzene rings is 1. The minimum atomic E-state index is -3.88. The highest BCUT2D eigenvalue weighted by atomic mass is 32.2. The number of carbonyl (C=O) groups excluding carboxylic acids is 2. The lowest BCUT2D eigenvalue weighted by Crippen LogP contribution is -2.24. The largest absolute Gasteiger partial charge is 0.468 e.